The van der Waals surface area contributed by atoms with Gasteiger partial charge in [0.25, 0.3) is 5.91 Å². The minimum Gasteiger partial charge on any atom is -0.497 e. The minimum atomic E-state index is -3.81. The van der Waals surface area contributed by atoms with Gasteiger partial charge in [-0.25, -0.2) is 8.42 Å². The zero-order valence-electron chi connectivity index (χ0n) is 17.3. The highest BCUT2D eigenvalue weighted by Crippen LogP contribution is 2.22. The highest BCUT2D eigenvalue weighted by atomic mass is 32.2. The molecule has 0 spiro atoms. The SMILES string of the molecule is COCCn1c(=NC(=O)CS(=O)(=O)c2ccc(OC)cc2)sc2cc(C)c(C)cc21. The number of hydrogen-bond donors (Lipinski definition) is 0. The van der Waals surface area contributed by atoms with E-state index in [2.05, 4.69) is 17.1 Å². The minimum absolute atomic E-state index is 0.0571. The van der Waals surface area contributed by atoms with Crippen molar-refractivity contribution in [3.63, 3.8) is 0 Å². The van der Waals surface area contributed by atoms with Gasteiger partial charge in [0.05, 0.1) is 28.8 Å². The highest BCUT2D eigenvalue weighted by Gasteiger charge is 2.20. The second-order valence-electron chi connectivity index (χ2n) is 6.87. The van der Waals surface area contributed by atoms with Crippen LogP contribution in [0.2, 0.25) is 0 Å². The molecule has 0 saturated carbocycles. The molecule has 7 nitrogen and oxygen atoms in total. The predicted molar refractivity (Wildman–Crippen MR) is 117 cm³/mol. The summed E-state index contributed by atoms with van der Waals surface area (Å²) >= 11 is 1.36. The molecule has 9 heteroatoms. The Hall–Kier alpha value is -2.49. The molecular weight excluding hydrogens is 424 g/mol. The number of carbonyl (C=O) groups excluding carboxylic acids is 1. The van der Waals surface area contributed by atoms with Gasteiger partial charge in [0.1, 0.15) is 11.5 Å². The molecule has 1 heterocycles. The zero-order valence-corrected chi connectivity index (χ0v) is 19.0. The summed E-state index contributed by atoms with van der Waals surface area (Å²) in [5.41, 5.74) is 3.22. The second-order valence-corrected chi connectivity index (χ2v) is 9.87. The molecule has 0 fully saturated rings. The number of rotatable bonds is 7. The van der Waals surface area contributed by atoms with Crippen molar-refractivity contribution in [1.29, 1.82) is 0 Å². The Bertz CT molecular complexity index is 1240. The maximum atomic E-state index is 12.6. The van der Waals surface area contributed by atoms with Crippen molar-refractivity contribution in [2.75, 3.05) is 26.6 Å². The van der Waals surface area contributed by atoms with E-state index in [1.54, 1.807) is 19.2 Å². The van der Waals surface area contributed by atoms with Crippen molar-refractivity contribution in [3.8, 4) is 5.75 Å². The molecule has 0 N–H and O–H groups in total. The lowest BCUT2D eigenvalue weighted by Crippen LogP contribution is -2.22. The molecule has 0 unspecified atom stereocenters. The summed E-state index contributed by atoms with van der Waals surface area (Å²) in [5, 5.41) is 0. The molecule has 0 aliphatic carbocycles. The van der Waals surface area contributed by atoms with Gasteiger partial charge in [-0.1, -0.05) is 11.3 Å². The van der Waals surface area contributed by atoms with E-state index in [4.69, 9.17) is 9.47 Å². The molecule has 1 aromatic heterocycles. The Labute approximate surface area is 179 Å². The second kappa shape index (κ2) is 9.11. The third-order valence-electron chi connectivity index (χ3n) is 4.77. The van der Waals surface area contributed by atoms with Crippen LogP contribution in [0.1, 0.15) is 11.1 Å². The summed E-state index contributed by atoms with van der Waals surface area (Å²) in [6, 6.07) is 10.0. The molecule has 30 heavy (non-hydrogen) atoms. The molecule has 0 atom stereocenters. The predicted octanol–water partition coefficient (Wildman–Crippen LogP) is 2.88. The molecule has 160 valence electrons. The van der Waals surface area contributed by atoms with Gasteiger partial charge >= 0.3 is 0 Å². The van der Waals surface area contributed by atoms with Gasteiger partial charge in [-0.05, 0) is 61.4 Å². The molecule has 0 aliphatic heterocycles. The van der Waals surface area contributed by atoms with E-state index in [1.165, 1.54) is 30.6 Å². The van der Waals surface area contributed by atoms with Crippen molar-refractivity contribution in [2.45, 2.75) is 25.3 Å². The maximum Gasteiger partial charge on any atom is 0.263 e. The van der Waals surface area contributed by atoms with Crippen LogP contribution < -0.4 is 9.54 Å². The first kappa shape index (κ1) is 22.2. The number of thiazole rings is 1. The first-order chi connectivity index (χ1) is 14.2. The summed E-state index contributed by atoms with van der Waals surface area (Å²) < 4.78 is 38.3. The average Bonchev–Trinajstić information content (AvgIpc) is 3.01. The van der Waals surface area contributed by atoms with Gasteiger partial charge in [-0.15, -0.1) is 0 Å². The number of aromatic nitrogens is 1. The van der Waals surface area contributed by atoms with Crippen molar-refractivity contribution >= 4 is 37.3 Å². The fourth-order valence-corrected chi connectivity index (χ4v) is 5.23. The first-order valence-electron chi connectivity index (χ1n) is 9.29. The van der Waals surface area contributed by atoms with E-state index in [1.807, 2.05) is 18.4 Å². The summed E-state index contributed by atoms with van der Waals surface area (Å²) in [6.07, 6.45) is 0. The number of amides is 1. The smallest absolute Gasteiger partial charge is 0.263 e. The van der Waals surface area contributed by atoms with Crippen LogP contribution in [0.3, 0.4) is 0 Å². The molecule has 3 rings (SSSR count). The molecule has 3 aromatic rings. The van der Waals surface area contributed by atoms with Gasteiger partial charge < -0.3 is 14.0 Å². The summed E-state index contributed by atoms with van der Waals surface area (Å²) in [4.78, 5) is 17.2. The Kier molecular flexibility index (Phi) is 6.74. The average molecular weight is 449 g/mol. The van der Waals surface area contributed by atoms with Crippen LogP contribution in [0, 0.1) is 13.8 Å². The van der Waals surface area contributed by atoms with Gasteiger partial charge in [0, 0.05) is 13.7 Å². The molecule has 2 aromatic carbocycles. The number of hydrogen-bond acceptors (Lipinski definition) is 6. The molecule has 0 bridgehead atoms. The van der Waals surface area contributed by atoms with Gasteiger partial charge in [-0.2, -0.15) is 4.99 Å². The Morgan fingerprint density at radius 3 is 2.40 bits per heavy atom. The number of nitrogens with zero attached hydrogens (tertiary/aromatic N) is 2. The fourth-order valence-electron chi connectivity index (χ4n) is 2.97. The quantitative estimate of drug-likeness (QED) is 0.555. The molecular formula is C21H24N2O5S2. The van der Waals surface area contributed by atoms with E-state index in [-0.39, 0.29) is 4.90 Å². The van der Waals surface area contributed by atoms with Crippen LogP contribution in [-0.2, 0) is 25.9 Å². The van der Waals surface area contributed by atoms with Crippen LogP contribution in [-0.4, -0.2) is 45.5 Å². The van der Waals surface area contributed by atoms with E-state index in [9.17, 15) is 13.2 Å². The van der Waals surface area contributed by atoms with Crippen molar-refractivity contribution in [3.05, 3.63) is 52.3 Å². The summed E-state index contributed by atoms with van der Waals surface area (Å²) in [6.45, 7) is 5.01. The summed E-state index contributed by atoms with van der Waals surface area (Å²) in [7, 11) is -0.702. The van der Waals surface area contributed by atoms with Gasteiger partial charge in [0.2, 0.25) is 0 Å². The number of fused-ring (bicyclic) bond motifs is 1. The van der Waals surface area contributed by atoms with Crippen LogP contribution in [0.5, 0.6) is 5.75 Å². The number of sulfone groups is 1. The normalized spacial score (nSPS) is 12.5. The van der Waals surface area contributed by atoms with E-state index < -0.39 is 21.5 Å². The van der Waals surface area contributed by atoms with Crippen molar-refractivity contribution in [2.24, 2.45) is 4.99 Å². The Morgan fingerprint density at radius 1 is 1.10 bits per heavy atom. The lowest BCUT2D eigenvalue weighted by atomic mass is 10.1. The lowest BCUT2D eigenvalue weighted by molar-refractivity contribution is -0.115. The van der Waals surface area contributed by atoms with Crippen LogP contribution in [0.15, 0.2) is 46.3 Å². The molecule has 0 radical (unpaired) electrons. The van der Waals surface area contributed by atoms with E-state index in [0.717, 1.165) is 21.3 Å². The van der Waals surface area contributed by atoms with E-state index in [0.29, 0.717) is 23.7 Å². The van der Waals surface area contributed by atoms with Crippen LogP contribution >= 0.6 is 11.3 Å². The van der Waals surface area contributed by atoms with Gasteiger partial charge in [0.15, 0.2) is 14.6 Å². The molecule has 0 aliphatic rings. The lowest BCUT2D eigenvalue weighted by Gasteiger charge is -2.06. The number of methoxy groups -OCH3 is 2. The third-order valence-corrected chi connectivity index (χ3v) is 7.43. The van der Waals surface area contributed by atoms with Crippen molar-refractivity contribution < 1.29 is 22.7 Å². The van der Waals surface area contributed by atoms with Crippen LogP contribution in [0.4, 0.5) is 0 Å². The number of carbonyl (C=O) groups is 1. The Balaban J connectivity index is 1.97. The number of aryl methyl sites for hydroxylation is 2. The molecule has 1 amide bonds. The van der Waals surface area contributed by atoms with Gasteiger partial charge in [-0.3, -0.25) is 4.79 Å². The highest BCUT2D eigenvalue weighted by molar-refractivity contribution is 7.92. The number of benzene rings is 2. The monoisotopic (exact) mass is 448 g/mol. The largest absolute Gasteiger partial charge is 0.497 e. The zero-order chi connectivity index (χ0) is 21.9. The third kappa shape index (κ3) is 4.80. The maximum absolute atomic E-state index is 12.6. The number of ether oxygens (including phenoxy) is 2. The standard InChI is InChI=1S/C21H24N2O5S2/c1-14-11-18-19(12-15(14)2)29-21(23(18)9-10-27-3)22-20(24)13-30(25,26)17-7-5-16(28-4)6-8-17/h5-8,11-12H,9-10,13H2,1-4H3. The van der Waals surface area contributed by atoms with Crippen molar-refractivity contribution in [1.82, 2.24) is 4.57 Å². The first-order valence-corrected chi connectivity index (χ1v) is 11.8. The topological polar surface area (TPSA) is 87.0 Å². The van der Waals surface area contributed by atoms with Crippen LogP contribution in [0.25, 0.3) is 10.2 Å². The summed E-state index contributed by atoms with van der Waals surface area (Å²) in [5.74, 6) is -0.868. The van der Waals surface area contributed by atoms with E-state index >= 15 is 0 Å². The fraction of sp³-hybridized carbons (Fsp3) is 0.333. The molecule has 0 saturated heterocycles. The Morgan fingerprint density at radius 2 is 1.77 bits per heavy atom.